The second-order valence-corrected chi connectivity index (χ2v) is 7.87. The van der Waals surface area contributed by atoms with E-state index in [-0.39, 0.29) is 12.1 Å². The summed E-state index contributed by atoms with van der Waals surface area (Å²) in [6, 6.07) is 14.4. The summed E-state index contributed by atoms with van der Waals surface area (Å²) < 4.78 is 22.5. The predicted octanol–water partition coefficient (Wildman–Crippen LogP) is 4.79. The molecule has 4 rings (SSSR count). The van der Waals surface area contributed by atoms with Crippen LogP contribution in [-0.4, -0.2) is 32.9 Å². The number of nitrogens with zero attached hydrogens (tertiary/aromatic N) is 1. The molecule has 1 N–H and O–H groups in total. The van der Waals surface area contributed by atoms with E-state index in [2.05, 4.69) is 40.6 Å². The molecule has 0 bridgehead atoms. The molecular formula is C26H30N2O4. The van der Waals surface area contributed by atoms with Crippen LogP contribution < -0.4 is 24.3 Å². The fourth-order valence-electron chi connectivity index (χ4n) is 4.24. The number of pyridine rings is 1. The molecule has 0 fully saturated rings. The van der Waals surface area contributed by atoms with Crippen molar-refractivity contribution in [1.82, 2.24) is 10.3 Å². The number of hydrogen-bond donors (Lipinski definition) is 1. The van der Waals surface area contributed by atoms with Crippen molar-refractivity contribution in [2.24, 2.45) is 0 Å². The third-order valence-electron chi connectivity index (χ3n) is 5.86. The van der Waals surface area contributed by atoms with Crippen LogP contribution in [0.15, 0.2) is 48.7 Å². The Morgan fingerprint density at radius 1 is 0.906 bits per heavy atom. The lowest BCUT2D eigenvalue weighted by Gasteiger charge is -2.34. The van der Waals surface area contributed by atoms with Gasteiger partial charge in [-0.05, 0) is 72.9 Å². The highest BCUT2D eigenvalue weighted by Gasteiger charge is 2.31. The van der Waals surface area contributed by atoms with E-state index >= 15 is 0 Å². The summed E-state index contributed by atoms with van der Waals surface area (Å²) in [6.45, 7) is 4.59. The number of aromatic nitrogens is 1. The summed E-state index contributed by atoms with van der Waals surface area (Å²) in [5.74, 6) is 2.89. The van der Waals surface area contributed by atoms with Gasteiger partial charge in [-0.15, -0.1) is 0 Å². The quantitative estimate of drug-likeness (QED) is 0.577. The van der Waals surface area contributed by atoms with Crippen LogP contribution in [0.1, 0.15) is 47.0 Å². The van der Waals surface area contributed by atoms with Crippen LogP contribution in [-0.2, 0) is 6.42 Å². The van der Waals surface area contributed by atoms with Crippen LogP contribution in [0.25, 0.3) is 0 Å². The molecular weight excluding hydrogens is 404 g/mol. The Labute approximate surface area is 189 Å². The molecule has 6 heteroatoms. The molecule has 0 radical (unpaired) electrons. The molecule has 0 saturated carbocycles. The lowest BCUT2D eigenvalue weighted by Crippen LogP contribution is -2.34. The van der Waals surface area contributed by atoms with Gasteiger partial charge in [0.15, 0.2) is 23.0 Å². The number of ether oxygens (including phenoxy) is 4. The normalized spacial score (nSPS) is 17.4. The maximum atomic E-state index is 5.72. The molecule has 0 aliphatic carbocycles. The molecule has 1 aromatic heterocycles. The number of hydrogen-bond acceptors (Lipinski definition) is 6. The number of benzene rings is 2. The third-order valence-corrected chi connectivity index (χ3v) is 5.86. The summed E-state index contributed by atoms with van der Waals surface area (Å²) in [4.78, 5) is 4.69. The smallest absolute Gasteiger partial charge is 0.161 e. The Morgan fingerprint density at radius 2 is 1.62 bits per heavy atom. The first-order valence-electron chi connectivity index (χ1n) is 10.8. The Hall–Kier alpha value is -3.25. The van der Waals surface area contributed by atoms with Crippen molar-refractivity contribution < 1.29 is 18.9 Å². The number of rotatable bonds is 7. The van der Waals surface area contributed by atoms with Crippen molar-refractivity contribution in [1.29, 1.82) is 0 Å². The maximum absolute atomic E-state index is 5.72. The van der Waals surface area contributed by atoms with Gasteiger partial charge in [0, 0.05) is 6.20 Å². The zero-order valence-electron chi connectivity index (χ0n) is 19.3. The lowest BCUT2D eigenvalue weighted by atomic mass is 9.85. The lowest BCUT2D eigenvalue weighted by molar-refractivity contribution is 0.310. The molecule has 6 nitrogen and oxygen atoms in total. The number of nitrogens with one attached hydrogen (secondary N) is 1. The molecule has 0 spiro atoms. The van der Waals surface area contributed by atoms with Crippen LogP contribution in [0.5, 0.6) is 23.0 Å². The Kier molecular flexibility index (Phi) is 6.51. The standard InChI is InChI=1S/C26H30N2O4/c1-6-32-22-10-8-17(12-23(22)29-3)26-19-14-25(31-5)24(30-4)13-18(19)11-21(28-26)20-9-7-16(2)15-27-20/h7-10,12-15,21,26,28H,6,11H2,1-5H3/t21-,26-/m1/s1. The summed E-state index contributed by atoms with van der Waals surface area (Å²) in [7, 11) is 4.99. The van der Waals surface area contributed by atoms with E-state index in [0.717, 1.165) is 40.3 Å². The predicted molar refractivity (Wildman–Crippen MR) is 124 cm³/mol. The van der Waals surface area contributed by atoms with Crippen LogP contribution in [0.3, 0.4) is 0 Å². The number of fused-ring (bicyclic) bond motifs is 1. The largest absolute Gasteiger partial charge is 0.493 e. The van der Waals surface area contributed by atoms with E-state index in [1.54, 1.807) is 21.3 Å². The molecule has 0 saturated heterocycles. The van der Waals surface area contributed by atoms with Crippen molar-refractivity contribution in [2.75, 3.05) is 27.9 Å². The van der Waals surface area contributed by atoms with Crippen LogP contribution in [0.4, 0.5) is 0 Å². The Balaban J connectivity index is 1.82. The highest BCUT2D eigenvalue weighted by atomic mass is 16.5. The third kappa shape index (κ3) is 4.23. The van der Waals surface area contributed by atoms with Crippen molar-refractivity contribution in [3.05, 3.63) is 76.6 Å². The molecule has 1 aliphatic rings. The zero-order valence-corrected chi connectivity index (χ0v) is 19.3. The monoisotopic (exact) mass is 434 g/mol. The minimum Gasteiger partial charge on any atom is -0.493 e. The summed E-state index contributed by atoms with van der Waals surface area (Å²) in [5.41, 5.74) is 5.59. The molecule has 3 aromatic rings. The SMILES string of the molecule is CCOc1ccc([C@H]2N[C@@H](c3ccc(C)cn3)Cc3cc(OC)c(OC)cc32)cc1OC. The minimum absolute atomic E-state index is 0.0590. The molecule has 32 heavy (non-hydrogen) atoms. The van der Waals surface area contributed by atoms with Gasteiger partial charge in [0.05, 0.1) is 45.7 Å². The highest BCUT2D eigenvalue weighted by molar-refractivity contribution is 5.54. The highest BCUT2D eigenvalue weighted by Crippen LogP contribution is 2.42. The molecule has 0 amide bonds. The first kappa shape index (κ1) is 22.0. The van der Waals surface area contributed by atoms with Gasteiger partial charge in [0.25, 0.3) is 0 Å². The minimum atomic E-state index is -0.0729. The second kappa shape index (κ2) is 9.49. The number of methoxy groups -OCH3 is 3. The van der Waals surface area contributed by atoms with E-state index in [9.17, 15) is 0 Å². The van der Waals surface area contributed by atoms with Gasteiger partial charge < -0.3 is 18.9 Å². The van der Waals surface area contributed by atoms with Gasteiger partial charge in [0.1, 0.15) is 0 Å². The average Bonchev–Trinajstić information content (AvgIpc) is 2.83. The van der Waals surface area contributed by atoms with Gasteiger partial charge in [-0.2, -0.15) is 0 Å². The first-order valence-corrected chi connectivity index (χ1v) is 10.8. The van der Waals surface area contributed by atoms with E-state index in [1.165, 1.54) is 5.56 Å². The van der Waals surface area contributed by atoms with E-state index in [1.807, 2.05) is 32.2 Å². The maximum Gasteiger partial charge on any atom is 0.161 e. The summed E-state index contributed by atoms with van der Waals surface area (Å²) in [6.07, 6.45) is 2.71. The number of aryl methyl sites for hydroxylation is 1. The molecule has 2 aromatic carbocycles. The van der Waals surface area contributed by atoms with E-state index < -0.39 is 0 Å². The van der Waals surface area contributed by atoms with Gasteiger partial charge in [-0.25, -0.2) is 0 Å². The fourth-order valence-corrected chi connectivity index (χ4v) is 4.24. The molecule has 2 heterocycles. The van der Waals surface area contributed by atoms with Gasteiger partial charge in [-0.1, -0.05) is 12.1 Å². The van der Waals surface area contributed by atoms with Crippen LogP contribution in [0.2, 0.25) is 0 Å². The second-order valence-electron chi connectivity index (χ2n) is 7.87. The topological polar surface area (TPSA) is 61.8 Å². The average molecular weight is 435 g/mol. The van der Waals surface area contributed by atoms with Gasteiger partial charge >= 0.3 is 0 Å². The summed E-state index contributed by atoms with van der Waals surface area (Å²) >= 11 is 0. The molecule has 2 atom stereocenters. The van der Waals surface area contributed by atoms with Gasteiger partial charge in [-0.3, -0.25) is 10.3 Å². The van der Waals surface area contributed by atoms with Crippen molar-refractivity contribution in [3.8, 4) is 23.0 Å². The van der Waals surface area contributed by atoms with Crippen molar-refractivity contribution in [3.63, 3.8) is 0 Å². The fraction of sp³-hybridized carbons (Fsp3) is 0.346. The van der Waals surface area contributed by atoms with Gasteiger partial charge in [0.2, 0.25) is 0 Å². The molecule has 168 valence electrons. The first-order chi connectivity index (χ1) is 15.6. The Morgan fingerprint density at radius 3 is 2.28 bits per heavy atom. The molecule has 1 aliphatic heterocycles. The van der Waals surface area contributed by atoms with E-state index in [0.29, 0.717) is 18.1 Å². The van der Waals surface area contributed by atoms with Crippen molar-refractivity contribution >= 4 is 0 Å². The van der Waals surface area contributed by atoms with E-state index in [4.69, 9.17) is 18.9 Å². The summed E-state index contributed by atoms with van der Waals surface area (Å²) in [5, 5.41) is 3.80. The van der Waals surface area contributed by atoms with Crippen LogP contribution in [0, 0.1) is 6.92 Å². The van der Waals surface area contributed by atoms with Crippen molar-refractivity contribution in [2.45, 2.75) is 32.4 Å². The Bertz CT molecular complexity index is 1080. The van der Waals surface area contributed by atoms with Crippen LogP contribution >= 0.6 is 0 Å². The molecule has 0 unspecified atom stereocenters. The zero-order chi connectivity index (χ0) is 22.7.